The van der Waals surface area contributed by atoms with Gasteiger partial charge in [-0.1, -0.05) is 18.2 Å². The first kappa shape index (κ1) is 10.8. The van der Waals surface area contributed by atoms with Crippen LogP contribution in [0.15, 0.2) is 41.0 Å². The zero-order valence-electron chi connectivity index (χ0n) is 9.27. The van der Waals surface area contributed by atoms with Gasteiger partial charge in [0.1, 0.15) is 18.1 Å². The van der Waals surface area contributed by atoms with Crippen LogP contribution in [0.5, 0.6) is 5.75 Å². The second-order valence-corrected chi connectivity index (χ2v) is 3.63. The molecule has 84 valence electrons. The van der Waals surface area contributed by atoms with Crippen molar-refractivity contribution in [2.45, 2.75) is 20.1 Å². The molecule has 2 rings (SSSR count). The molecule has 0 saturated heterocycles. The summed E-state index contributed by atoms with van der Waals surface area (Å²) in [5.41, 5.74) is 7.68. The number of ether oxygens (including phenoxy) is 1. The lowest BCUT2D eigenvalue weighted by atomic mass is 10.2. The van der Waals surface area contributed by atoms with E-state index in [1.165, 1.54) is 0 Å². The van der Waals surface area contributed by atoms with E-state index in [-0.39, 0.29) is 0 Å². The zero-order chi connectivity index (χ0) is 11.4. The molecule has 0 atom stereocenters. The number of hydrogen-bond donors (Lipinski definition) is 1. The highest BCUT2D eigenvalue weighted by atomic mass is 16.5. The Labute approximate surface area is 94.8 Å². The van der Waals surface area contributed by atoms with Crippen LogP contribution in [-0.2, 0) is 13.2 Å². The van der Waals surface area contributed by atoms with Gasteiger partial charge in [-0.3, -0.25) is 0 Å². The first-order chi connectivity index (χ1) is 7.81. The van der Waals surface area contributed by atoms with Crippen molar-refractivity contribution in [2.24, 2.45) is 5.73 Å². The number of aryl methyl sites for hydroxylation is 1. The van der Waals surface area contributed by atoms with Crippen LogP contribution >= 0.6 is 0 Å². The molecule has 0 radical (unpaired) electrons. The first-order valence-electron chi connectivity index (χ1n) is 5.25. The molecule has 0 fully saturated rings. The molecular formula is C13H15NO2. The minimum Gasteiger partial charge on any atom is -0.489 e. The minimum atomic E-state index is 0.402. The quantitative estimate of drug-likeness (QED) is 0.856. The van der Waals surface area contributed by atoms with Crippen molar-refractivity contribution in [1.29, 1.82) is 0 Å². The highest BCUT2D eigenvalue weighted by Gasteiger charge is 2.05. The van der Waals surface area contributed by atoms with Crippen molar-refractivity contribution in [3.05, 3.63) is 53.5 Å². The fourth-order valence-corrected chi connectivity index (χ4v) is 1.55. The van der Waals surface area contributed by atoms with Gasteiger partial charge >= 0.3 is 0 Å². The van der Waals surface area contributed by atoms with Gasteiger partial charge in [0.25, 0.3) is 0 Å². The molecule has 0 aliphatic carbocycles. The van der Waals surface area contributed by atoms with E-state index in [1.807, 2.05) is 37.3 Å². The van der Waals surface area contributed by atoms with Crippen LogP contribution in [0.25, 0.3) is 0 Å². The van der Waals surface area contributed by atoms with Crippen molar-refractivity contribution >= 4 is 0 Å². The van der Waals surface area contributed by atoms with Crippen molar-refractivity contribution in [3.8, 4) is 5.75 Å². The molecule has 3 nitrogen and oxygen atoms in total. The van der Waals surface area contributed by atoms with Crippen molar-refractivity contribution < 1.29 is 9.15 Å². The third-order valence-corrected chi connectivity index (χ3v) is 2.50. The van der Waals surface area contributed by atoms with Gasteiger partial charge in [0.2, 0.25) is 0 Å². The summed E-state index contributed by atoms with van der Waals surface area (Å²) in [6.45, 7) is 2.92. The normalized spacial score (nSPS) is 10.4. The Bertz CT molecular complexity index is 462. The molecule has 2 N–H and O–H groups in total. The highest BCUT2D eigenvalue weighted by Crippen LogP contribution is 2.19. The van der Waals surface area contributed by atoms with Crippen molar-refractivity contribution in [1.82, 2.24) is 0 Å². The van der Waals surface area contributed by atoms with Crippen LogP contribution in [0.1, 0.15) is 16.9 Å². The highest BCUT2D eigenvalue weighted by molar-refractivity contribution is 5.32. The first-order valence-corrected chi connectivity index (χ1v) is 5.25. The van der Waals surface area contributed by atoms with Crippen LogP contribution in [-0.4, -0.2) is 0 Å². The van der Waals surface area contributed by atoms with Gasteiger partial charge in [-0.15, -0.1) is 0 Å². The van der Waals surface area contributed by atoms with Gasteiger partial charge < -0.3 is 14.9 Å². The van der Waals surface area contributed by atoms with Gasteiger partial charge in [0.15, 0.2) is 0 Å². The fraction of sp³-hybridized carbons (Fsp3) is 0.231. The number of benzene rings is 1. The predicted molar refractivity (Wildman–Crippen MR) is 62.1 cm³/mol. The summed E-state index contributed by atoms with van der Waals surface area (Å²) in [4.78, 5) is 0. The Balaban J connectivity index is 2.05. The monoisotopic (exact) mass is 217 g/mol. The van der Waals surface area contributed by atoms with E-state index in [4.69, 9.17) is 14.9 Å². The molecule has 0 amide bonds. The SMILES string of the molecule is Cc1ccccc1OCc1ccoc1CN. The second kappa shape index (κ2) is 4.86. The Morgan fingerprint density at radius 3 is 2.81 bits per heavy atom. The van der Waals surface area contributed by atoms with E-state index in [2.05, 4.69) is 0 Å². The summed E-state index contributed by atoms with van der Waals surface area (Å²) in [7, 11) is 0. The summed E-state index contributed by atoms with van der Waals surface area (Å²) < 4.78 is 10.9. The van der Waals surface area contributed by atoms with Crippen LogP contribution in [0.3, 0.4) is 0 Å². The van der Waals surface area contributed by atoms with Crippen LogP contribution in [0.2, 0.25) is 0 Å². The number of hydrogen-bond acceptors (Lipinski definition) is 3. The van der Waals surface area contributed by atoms with E-state index < -0.39 is 0 Å². The molecule has 0 unspecified atom stereocenters. The van der Waals surface area contributed by atoms with Crippen LogP contribution in [0, 0.1) is 6.92 Å². The van der Waals surface area contributed by atoms with Gasteiger partial charge in [0.05, 0.1) is 12.8 Å². The van der Waals surface area contributed by atoms with Crippen LogP contribution in [0.4, 0.5) is 0 Å². The molecule has 0 bridgehead atoms. The molecule has 0 spiro atoms. The predicted octanol–water partition coefficient (Wildman–Crippen LogP) is 2.63. The Morgan fingerprint density at radius 1 is 1.25 bits per heavy atom. The number of nitrogens with two attached hydrogens (primary N) is 1. The van der Waals surface area contributed by atoms with Gasteiger partial charge in [0, 0.05) is 5.56 Å². The van der Waals surface area contributed by atoms with Crippen LogP contribution < -0.4 is 10.5 Å². The molecule has 0 saturated carbocycles. The summed E-state index contributed by atoms with van der Waals surface area (Å²) >= 11 is 0. The summed E-state index contributed by atoms with van der Waals surface area (Å²) in [6, 6.07) is 9.82. The Morgan fingerprint density at radius 2 is 2.06 bits per heavy atom. The molecule has 2 aromatic rings. The second-order valence-electron chi connectivity index (χ2n) is 3.63. The average molecular weight is 217 g/mol. The summed E-state index contributed by atoms with van der Waals surface area (Å²) in [5.74, 6) is 1.68. The fourth-order valence-electron chi connectivity index (χ4n) is 1.55. The van der Waals surface area contributed by atoms with E-state index in [9.17, 15) is 0 Å². The maximum absolute atomic E-state index is 5.71. The topological polar surface area (TPSA) is 48.4 Å². The lowest BCUT2D eigenvalue weighted by molar-refractivity contribution is 0.300. The Kier molecular flexibility index (Phi) is 3.27. The van der Waals surface area contributed by atoms with E-state index in [1.54, 1.807) is 6.26 Å². The third-order valence-electron chi connectivity index (χ3n) is 2.50. The smallest absolute Gasteiger partial charge is 0.123 e. The molecule has 0 aliphatic heterocycles. The van der Waals surface area contributed by atoms with E-state index in [0.717, 1.165) is 22.6 Å². The largest absolute Gasteiger partial charge is 0.489 e. The summed E-state index contributed by atoms with van der Waals surface area (Å²) in [5, 5.41) is 0. The summed E-state index contributed by atoms with van der Waals surface area (Å²) in [6.07, 6.45) is 1.64. The third kappa shape index (κ3) is 2.25. The number of para-hydroxylation sites is 1. The molecule has 1 aromatic heterocycles. The standard InChI is InChI=1S/C13H15NO2/c1-10-4-2-3-5-12(10)16-9-11-6-7-15-13(11)8-14/h2-7H,8-9,14H2,1H3. The van der Waals surface area contributed by atoms with E-state index >= 15 is 0 Å². The van der Waals surface area contributed by atoms with Gasteiger partial charge in [-0.2, -0.15) is 0 Å². The minimum absolute atomic E-state index is 0.402. The molecule has 1 aromatic carbocycles. The average Bonchev–Trinajstić information content (AvgIpc) is 2.75. The van der Waals surface area contributed by atoms with Crippen molar-refractivity contribution in [2.75, 3.05) is 0 Å². The van der Waals surface area contributed by atoms with Gasteiger partial charge in [-0.25, -0.2) is 0 Å². The van der Waals surface area contributed by atoms with Crippen molar-refractivity contribution in [3.63, 3.8) is 0 Å². The molecule has 3 heteroatoms. The lowest BCUT2D eigenvalue weighted by Crippen LogP contribution is -2.02. The maximum atomic E-state index is 5.71. The molecule has 1 heterocycles. The number of furan rings is 1. The van der Waals surface area contributed by atoms with E-state index in [0.29, 0.717) is 13.2 Å². The maximum Gasteiger partial charge on any atom is 0.123 e. The van der Waals surface area contributed by atoms with Gasteiger partial charge in [-0.05, 0) is 24.6 Å². The molecule has 0 aliphatic rings. The Hall–Kier alpha value is -1.74. The molecule has 16 heavy (non-hydrogen) atoms. The zero-order valence-corrected chi connectivity index (χ0v) is 9.27. The number of rotatable bonds is 4. The lowest BCUT2D eigenvalue weighted by Gasteiger charge is -2.08. The molecular weight excluding hydrogens is 202 g/mol.